The molecule has 0 aromatic heterocycles. The molecule has 0 aliphatic heterocycles. The molecule has 0 aliphatic carbocycles. The van der Waals surface area contributed by atoms with E-state index in [0.29, 0.717) is 18.6 Å². The van der Waals surface area contributed by atoms with Crippen LogP contribution in [0.1, 0.15) is 33.6 Å². The summed E-state index contributed by atoms with van der Waals surface area (Å²) in [6, 6.07) is 6.24. The Balaban J connectivity index is 2.39. The molecule has 0 fully saturated rings. The first-order valence-corrected chi connectivity index (χ1v) is 8.27. The standard InChI is InChI=1S/C16H24FNO2S/c1-4-16(20,5-2)11-18-15(19)12(3)10-21-14-8-6-13(17)7-9-14/h6-9,12,20H,4-5,10-11H2,1-3H3,(H,18,19)/t12-/m0/s1. The Hall–Kier alpha value is -1.07. The molecule has 0 aliphatic rings. The summed E-state index contributed by atoms with van der Waals surface area (Å²) in [5.74, 6) is 0.125. The number of amides is 1. The Morgan fingerprint density at radius 2 is 1.90 bits per heavy atom. The van der Waals surface area contributed by atoms with Crippen molar-refractivity contribution < 1.29 is 14.3 Å². The lowest BCUT2D eigenvalue weighted by molar-refractivity contribution is -0.125. The number of halogens is 1. The van der Waals surface area contributed by atoms with Crippen LogP contribution in [0.15, 0.2) is 29.2 Å². The van der Waals surface area contributed by atoms with Crippen molar-refractivity contribution >= 4 is 17.7 Å². The molecular weight excluding hydrogens is 289 g/mol. The van der Waals surface area contributed by atoms with Gasteiger partial charge in [0.05, 0.1) is 5.60 Å². The number of carbonyl (C=O) groups is 1. The van der Waals surface area contributed by atoms with Gasteiger partial charge in [0.1, 0.15) is 5.82 Å². The fourth-order valence-corrected chi connectivity index (χ4v) is 2.68. The van der Waals surface area contributed by atoms with Gasteiger partial charge in [-0.2, -0.15) is 0 Å². The first kappa shape index (κ1) is 18.0. The van der Waals surface area contributed by atoms with E-state index in [1.807, 2.05) is 20.8 Å². The van der Waals surface area contributed by atoms with Crippen molar-refractivity contribution in [3.63, 3.8) is 0 Å². The Morgan fingerprint density at radius 1 is 1.33 bits per heavy atom. The number of aliphatic hydroxyl groups is 1. The van der Waals surface area contributed by atoms with Crippen LogP contribution >= 0.6 is 11.8 Å². The second-order valence-corrected chi connectivity index (χ2v) is 6.41. The molecule has 1 aromatic rings. The van der Waals surface area contributed by atoms with Gasteiger partial charge < -0.3 is 10.4 Å². The lowest BCUT2D eigenvalue weighted by Crippen LogP contribution is -2.44. The highest BCUT2D eigenvalue weighted by molar-refractivity contribution is 7.99. The maximum absolute atomic E-state index is 12.8. The molecule has 0 heterocycles. The molecule has 2 N–H and O–H groups in total. The number of nitrogens with one attached hydrogen (secondary N) is 1. The summed E-state index contributed by atoms with van der Waals surface area (Å²) in [5, 5.41) is 12.9. The van der Waals surface area contributed by atoms with Crippen LogP contribution in [-0.4, -0.2) is 28.9 Å². The Labute approximate surface area is 130 Å². The van der Waals surface area contributed by atoms with E-state index in [1.165, 1.54) is 23.9 Å². The van der Waals surface area contributed by atoms with E-state index in [1.54, 1.807) is 12.1 Å². The number of carbonyl (C=O) groups excluding carboxylic acids is 1. The normalized spacial score (nSPS) is 13.0. The predicted octanol–water partition coefficient (Wildman–Crippen LogP) is 3.22. The van der Waals surface area contributed by atoms with Crippen molar-refractivity contribution in [3.8, 4) is 0 Å². The van der Waals surface area contributed by atoms with Crippen LogP contribution in [-0.2, 0) is 4.79 Å². The molecule has 0 radical (unpaired) electrons. The maximum Gasteiger partial charge on any atom is 0.223 e. The average molecular weight is 313 g/mol. The largest absolute Gasteiger partial charge is 0.388 e. The Morgan fingerprint density at radius 3 is 2.43 bits per heavy atom. The molecular formula is C16H24FNO2S. The van der Waals surface area contributed by atoms with Gasteiger partial charge in [-0.3, -0.25) is 4.79 Å². The highest BCUT2D eigenvalue weighted by Gasteiger charge is 2.24. The minimum Gasteiger partial charge on any atom is -0.388 e. The lowest BCUT2D eigenvalue weighted by atomic mass is 9.97. The fourth-order valence-electron chi connectivity index (χ4n) is 1.75. The second kappa shape index (κ2) is 8.39. The summed E-state index contributed by atoms with van der Waals surface area (Å²) < 4.78 is 12.8. The molecule has 0 spiro atoms. The lowest BCUT2D eigenvalue weighted by Gasteiger charge is -2.26. The van der Waals surface area contributed by atoms with Crippen LogP contribution in [0, 0.1) is 11.7 Å². The summed E-state index contributed by atoms with van der Waals surface area (Å²) >= 11 is 1.52. The minimum atomic E-state index is -0.820. The van der Waals surface area contributed by atoms with Crippen molar-refractivity contribution in [2.45, 2.75) is 44.1 Å². The number of benzene rings is 1. The Bertz CT molecular complexity index is 446. The van der Waals surface area contributed by atoms with E-state index in [0.717, 1.165) is 4.90 Å². The van der Waals surface area contributed by atoms with Gasteiger partial charge in [0.2, 0.25) is 5.91 Å². The summed E-state index contributed by atoms with van der Waals surface area (Å²) in [6.07, 6.45) is 1.23. The Kier molecular flexibility index (Phi) is 7.18. The van der Waals surface area contributed by atoms with Crippen molar-refractivity contribution in [1.82, 2.24) is 5.32 Å². The quantitative estimate of drug-likeness (QED) is 0.725. The van der Waals surface area contributed by atoms with Crippen LogP contribution in [0.2, 0.25) is 0 Å². The zero-order valence-electron chi connectivity index (χ0n) is 12.9. The van der Waals surface area contributed by atoms with Gasteiger partial charge in [-0.1, -0.05) is 20.8 Å². The SMILES string of the molecule is CCC(O)(CC)CNC(=O)[C@@H](C)CSc1ccc(F)cc1. The third-order valence-electron chi connectivity index (χ3n) is 3.67. The van der Waals surface area contributed by atoms with Crippen molar-refractivity contribution in [3.05, 3.63) is 30.1 Å². The minimum absolute atomic E-state index is 0.0649. The van der Waals surface area contributed by atoms with E-state index in [4.69, 9.17) is 0 Å². The first-order valence-electron chi connectivity index (χ1n) is 7.28. The van der Waals surface area contributed by atoms with Crippen molar-refractivity contribution in [2.75, 3.05) is 12.3 Å². The van der Waals surface area contributed by atoms with E-state index in [2.05, 4.69) is 5.32 Å². The number of rotatable bonds is 8. The maximum atomic E-state index is 12.8. The molecule has 1 rings (SSSR count). The second-order valence-electron chi connectivity index (χ2n) is 5.32. The van der Waals surface area contributed by atoms with Gasteiger partial charge >= 0.3 is 0 Å². The number of hydrogen-bond donors (Lipinski definition) is 2. The van der Waals surface area contributed by atoms with Crippen molar-refractivity contribution in [2.24, 2.45) is 5.92 Å². The van der Waals surface area contributed by atoms with Gasteiger partial charge in [0.15, 0.2) is 0 Å². The van der Waals surface area contributed by atoms with Crippen LogP contribution in [0.25, 0.3) is 0 Å². The predicted molar refractivity (Wildman–Crippen MR) is 84.8 cm³/mol. The van der Waals surface area contributed by atoms with Crippen LogP contribution in [0.4, 0.5) is 4.39 Å². The fraction of sp³-hybridized carbons (Fsp3) is 0.562. The average Bonchev–Trinajstić information content (AvgIpc) is 2.51. The van der Waals surface area contributed by atoms with E-state index in [-0.39, 0.29) is 24.2 Å². The molecule has 3 nitrogen and oxygen atoms in total. The topological polar surface area (TPSA) is 49.3 Å². The monoisotopic (exact) mass is 313 g/mol. The molecule has 5 heteroatoms. The molecule has 1 atom stereocenters. The van der Waals surface area contributed by atoms with Crippen molar-refractivity contribution in [1.29, 1.82) is 0 Å². The summed E-state index contributed by atoms with van der Waals surface area (Å²) in [6.45, 7) is 5.94. The van der Waals surface area contributed by atoms with E-state index in [9.17, 15) is 14.3 Å². The molecule has 0 bridgehead atoms. The zero-order chi connectivity index (χ0) is 15.9. The highest BCUT2D eigenvalue weighted by Crippen LogP contribution is 2.21. The smallest absolute Gasteiger partial charge is 0.223 e. The van der Waals surface area contributed by atoms with Crippen LogP contribution in [0.5, 0.6) is 0 Å². The summed E-state index contributed by atoms with van der Waals surface area (Å²) in [5.41, 5.74) is -0.820. The molecule has 0 saturated carbocycles. The van der Waals surface area contributed by atoms with Gasteiger partial charge in [-0.15, -0.1) is 11.8 Å². The zero-order valence-corrected chi connectivity index (χ0v) is 13.7. The summed E-state index contributed by atoms with van der Waals surface area (Å²) in [7, 11) is 0. The summed E-state index contributed by atoms with van der Waals surface area (Å²) in [4.78, 5) is 12.9. The van der Waals surface area contributed by atoms with Gasteiger partial charge in [-0.25, -0.2) is 4.39 Å². The van der Waals surface area contributed by atoms with Crippen LogP contribution in [0.3, 0.4) is 0 Å². The molecule has 0 unspecified atom stereocenters. The third kappa shape index (κ3) is 6.06. The molecule has 1 aromatic carbocycles. The van der Waals surface area contributed by atoms with Gasteiger partial charge in [0, 0.05) is 23.1 Å². The van der Waals surface area contributed by atoms with Crippen LogP contribution < -0.4 is 5.32 Å². The highest BCUT2D eigenvalue weighted by atomic mass is 32.2. The number of thioether (sulfide) groups is 1. The molecule has 21 heavy (non-hydrogen) atoms. The molecule has 0 saturated heterocycles. The first-order chi connectivity index (χ1) is 9.90. The van der Waals surface area contributed by atoms with E-state index < -0.39 is 5.60 Å². The third-order valence-corrected chi connectivity index (χ3v) is 4.94. The number of hydrogen-bond acceptors (Lipinski definition) is 3. The van der Waals surface area contributed by atoms with Gasteiger partial charge in [0.25, 0.3) is 0 Å². The molecule has 118 valence electrons. The van der Waals surface area contributed by atoms with E-state index >= 15 is 0 Å². The van der Waals surface area contributed by atoms with Gasteiger partial charge in [-0.05, 0) is 37.1 Å². The molecule has 1 amide bonds.